The van der Waals surface area contributed by atoms with Crippen LogP contribution >= 0.6 is 34.4 Å². The number of thiazole rings is 1. The number of thiophene rings is 1. The lowest BCUT2D eigenvalue weighted by atomic mass is 10.1. The fourth-order valence-corrected chi connectivity index (χ4v) is 6.48. The maximum Gasteiger partial charge on any atom is 0.266 e. The number of nitrogen functional groups attached to an aromatic ring is 1. The van der Waals surface area contributed by atoms with Crippen LogP contribution in [0.25, 0.3) is 21.8 Å². The second-order valence-corrected chi connectivity index (χ2v) is 10.6. The molecule has 1 unspecified atom stereocenters. The summed E-state index contributed by atoms with van der Waals surface area (Å²) in [6.45, 7) is 0. The van der Waals surface area contributed by atoms with Crippen molar-refractivity contribution in [3.8, 4) is 27.6 Å². The van der Waals surface area contributed by atoms with Crippen molar-refractivity contribution in [1.82, 2.24) is 4.98 Å². The van der Waals surface area contributed by atoms with E-state index in [1.54, 1.807) is 49.2 Å². The molecule has 0 aliphatic rings. The fraction of sp³-hybridized carbons (Fsp3) is 0.0909. The summed E-state index contributed by atoms with van der Waals surface area (Å²) in [5.74, 6) is 0.707. The zero-order chi connectivity index (χ0) is 23.5. The molecule has 0 bridgehead atoms. The summed E-state index contributed by atoms with van der Waals surface area (Å²) in [5, 5.41) is 10.5. The summed E-state index contributed by atoms with van der Waals surface area (Å²) in [6.07, 6.45) is 1.99. The number of methoxy groups -OCH3 is 1. The Morgan fingerprint density at radius 2 is 1.97 bits per heavy atom. The van der Waals surface area contributed by atoms with Gasteiger partial charge >= 0.3 is 0 Å². The third kappa shape index (κ3) is 4.97. The quantitative estimate of drug-likeness (QED) is 0.118. The van der Waals surface area contributed by atoms with Crippen LogP contribution in [-0.2, 0) is 11.3 Å². The molecule has 0 fully saturated rings. The second kappa shape index (κ2) is 10.1. The normalized spacial score (nSPS) is 11.8. The lowest BCUT2D eigenvalue weighted by molar-refractivity contribution is 0.415. The van der Waals surface area contributed by atoms with E-state index in [2.05, 4.69) is 0 Å². The molecule has 0 amide bonds. The van der Waals surface area contributed by atoms with Gasteiger partial charge in [0.05, 0.1) is 33.3 Å². The summed E-state index contributed by atoms with van der Waals surface area (Å²) >= 11 is 2.32. The third-order valence-corrected chi connectivity index (χ3v) is 8.64. The molecule has 0 aliphatic carbocycles. The van der Waals surface area contributed by atoms with Crippen molar-refractivity contribution in [1.29, 1.82) is 5.41 Å². The van der Waals surface area contributed by atoms with E-state index in [4.69, 9.17) is 20.9 Å². The molecule has 4 aromatic rings. The molecule has 0 saturated carbocycles. The Kier molecular flexibility index (Phi) is 7.15. The molecule has 0 radical (unpaired) electrons. The highest BCUT2D eigenvalue weighted by atomic mass is 32.2. The smallest absolute Gasteiger partial charge is 0.266 e. The largest absolute Gasteiger partial charge is 0.497 e. The molecular weight excluding hydrogens is 497 g/mol. The zero-order valence-corrected chi connectivity index (χ0v) is 20.9. The first-order valence-corrected chi connectivity index (χ1v) is 13.5. The summed E-state index contributed by atoms with van der Waals surface area (Å²) in [7, 11) is 1.57. The number of anilines is 2. The van der Waals surface area contributed by atoms with E-state index in [-0.39, 0.29) is 5.84 Å². The minimum atomic E-state index is -2.27. The molecule has 4 rings (SSSR count). The Bertz CT molecular complexity index is 1320. The van der Waals surface area contributed by atoms with Gasteiger partial charge in [0.1, 0.15) is 16.6 Å². The van der Waals surface area contributed by atoms with E-state index >= 15 is 0 Å². The van der Waals surface area contributed by atoms with Crippen LogP contribution in [0.3, 0.4) is 0 Å². The van der Waals surface area contributed by atoms with E-state index in [0.29, 0.717) is 22.0 Å². The number of ether oxygens (including phenoxy) is 1. The zero-order valence-electron chi connectivity index (χ0n) is 17.6. The number of hydrogen-bond acceptors (Lipinski definition) is 7. The first-order chi connectivity index (χ1) is 15.9. The number of aromatic nitrogens is 1. The number of amidine groups is 1. The summed E-state index contributed by atoms with van der Waals surface area (Å²) in [5.41, 5.74) is 9.34. The Hall–Kier alpha value is -2.70. The fourth-order valence-electron chi connectivity index (χ4n) is 3.18. The van der Waals surface area contributed by atoms with Gasteiger partial charge in [-0.1, -0.05) is 12.1 Å². The van der Waals surface area contributed by atoms with Crippen molar-refractivity contribution in [2.45, 2.75) is 4.21 Å². The van der Waals surface area contributed by atoms with E-state index < -0.39 is 11.3 Å². The Balaban J connectivity index is 1.69. The average Bonchev–Trinajstić information content (AvgIpc) is 3.47. The summed E-state index contributed by atoms with van der Waals surface area (Å²) in [4.78, 5) is 5.52. The number of benzene rings is 2. The molecule has 2 aromatic carbocycles. The minimum absolute atomic E-state index is 0.0432. The van der Waals surface area contributed by atoms with Crippen molar-refractivity contribution in [3.05, 3.63) is 64.9 Å². The van der Waals surface area contributed by atoms with Crippen LogP contribution in [0.1, 0.15) is 4.88 Å². The van der Waals surface area contributed by atoms with E-state index in [1.807, 2.05) is 35.9 Å². The van der Waals surface area contributed by atoms with Gasteiger partial charge < -0.3 is 10.5 Å². The van der Waals surface area contributed by atoms with Crippen LogP contribution in [0.15, 0.2) is 64.2 Å². The van der Waals surface area contributed by atoms with Crippen LogP contribution in [0.5, 0.6) is 5.75 Å². The highest BCUT2D eigenvalue weighted by molar-refractivity contribution is 8.00. The van der Waals surface area contributed by atoms with Crippen LogP contribution in [-0.4, -0.2) is 32.9 Å². The van der Waals surface area contributed by atoms with E-state index in [1.165, 1.54) is 27.0 Å². The van der Waals surface area contributed by atoms with Crippen LogP contribution < -0.4 is 14.8 Å². The third-order valence-electron chi connectivity index (χ3n) is 4.72. The van der Waals surface area contributed by atoms with E-state index in [0.717, 1.165) is 26.0 Å². The van der Waals surface area contributed by atoms with Gasteiger partial charge in [-0.25, -0.2) is 13.5 Å². The predicted molar refractivity (Wildman–Crippen MR) is 140 cm³/mol. The van der Waals surface area contributed by atoms with Gasteiger partial charge in [-0.2, -0.15) is 0 Å². The van der Waals surface area contributed by atoms with Gasteiger partial charge in [0.15, 0.2) is 0 Å². The first-order valence-electron chi connectivity index (χ1n) is 9.55. The number of nitrogens with zero attached hydrogens (tertiary/aromatic N) is 2. The molecule has 11 heteroatoms. The molecule has 2 heterocycles. The predicted octanol–water partition coefficient (Wildman–Crippen LogP) is 5.83. The van der Waals surface area contributed by atoms with E-state index in [9.17, 15) is 8.76 Å². The number of nitrogens with two attached hydrogens (primary N) is 1. The molecule has 33 heavy (non-hydrogen) atoms. The molecule has 4 N–H and O–H groups in total. The van der Waals surface area contributed by atoms with Crippen molar-refractivity contribution < 1.29 is 13.5 Å². The molecule has 0 aliphatic heterocycles. The highest BCUT2D eigenvalue weighted by Crippen LogP contribution is 2.40. The number of hydrogen-bond donors (Lipinski definition) is 3. The Morgan fingerprint density at radius 1 is 1.21 bits per heavy atom. The van der Waals surface area contributed by atoms with Gasteiger partial charge in [0.2, 0.25) is 0 Å². The second-order valence-electron chi connectivity index (χ2n) is 6.74. The highest BCUT2D eigenvalue weighted by Gasteiger charge is 2.18. The van der Waals surface area contributed by atoms with Gasteiger partial charge in [-0.3, -0.25) is 9.96 Å². The monoisotopic (exact) mass is 516 g/mol. The van der Waals surface area contributed by atoms with Crippen LogP contribution in [0.4, 0.5) is 11.4 Å². The van der Waals surface area contributed by atoms with Crippen LogP contribution in [0, 0.1) is 5.41 Å². The van der Waals surface area contributed by atoms with Crippen LogP contribution in [0.2, 0.25) is 0 Å². The summed E-state index contributed by atoms with van der Waals surface area (Å²) < 4.78 is 29.7. The average molecular weight is 517 g/mol. The Labute approximate surface area is 206 Å². The molecule has 1 atom stereocenters. The molecule has 170 valence electrons. The molecule has 2 aromatic heterocycles. The maximum absolute atomic E-state index is 12.2. The number of thioether (sulfide) groups is 1. The van der Waals surface area contributed by atoms with Gasteiger partial charge in [0, 0.05) is 16.5 Å². The SMILES string of the molecule is COc1ccc(N(c2cccc(-c3csc(-c4cc(C(=N)N)sc4SC)n3)c2)S(=O)O)cc1. The summed E-state index contributed by atoms with van der Waals surface area (Å²) in [6, 6.07) is 16.2. The number of nitrogens with one attached hydrogen (secondary N) is 1. The standard InChI is InChI=1S/C22H20N4O3S4/c1-29-16-8-6-14(7-9-16)26(33(27)28)15-5-3-4-13(10-15)18-12-31-21(25-18)17-11-19(20(23)24)32-22(17)30-2/h3-12H,1-2H3,(H3,23,24)(H,27,28). The number of rotatable bonds is 8. The van der Waals surface area contributed by atoms with Crippen molar-refractivity contribution >= 4 is 62.9 Å². The minimum Gasteiger partial charge on any atom is -0.497 e. The maximum atomic E-state index is 12.2. The Morgan fingerprint density at radius 3 is 2.61 bits per heavy atom. The van der Waals surface area contributed by atoms with Gasteiger partial charge in [-0.05, 0) is 48.7 Å². The lowest BCUT2D eigenvalue weighted by Crippen LogP contribution is -2.19. The molecule has 0 spiro atoms. The topological polar surface area (TPSA) is 113 Å². The van der Waals surface area contributed by atoms with Gasteiger partial charge in [-0.15, -0.1) is 34.4 Å². The molecule has 7 nitrogen and oxygen atoms in total. The lowest BCUT2D eigenvalue weighted by Gasteiger charge is -2.20. The molecular formula is C22H20N4O3S4. The van der Waals surface area contributed by atoms with Crippen molar-refractivity contribution in [2.75, 3.05) is 17.7 Å². The van der Waals surface area contributed by atoms with Crippen molar-refractivity contribution in [2.24, 2.45) is 5.73 Å². The van der Waals surface area contributed by atoms with Gasteiger partial charge in [0.25, 0.3) is 11.3 Å². The van der Waals surface area contributed by atoms with Crippen molar-refractivity contribution in [3.63, 3.8) is 0 Å². The molecule has 0 saturated heterocycles. The first kappa shape index (κ1) is 23.5.